The Kier molecular flexibility index (Phi) is 6.59. The van der Waals surface area contributed by atoms with E-state index in [4.69, 9.17) is 15.9 Å². The highest BCUT2D eigenvalue weighted by Crippen LogP contribution is 2.58. The summed E-state index contributed by atoms with van der Waals surface area (Å²) in [4.78, 5) is 56.0. The summed E-state index contributed by atoms with van der Waals surface area (Å²) in [6.07, 6.45) is 6.41. The van der Waals surface area contributed by atoms with Crippen LogP contribution >= 0.6 is 0 Å². The topological polar surface area (TPSA) is 164 Å². The lowest BCUT2D eigenvalue weighted by Crippen LogP contribution is -2.52. The number of fused-ring (bicyclic) bond motifs is 1. The Bertz CT molecular complexity index is 1350. The lowest BCUT2D eigenvalue weighted by Gasteiger charge is -2.40. The second kappa shape index (κ2) is 9.74. The average molecular weight is 557 g/mol. The largest absolute Gasteiger partial charge is 0.494 e. The molecule has 3 saturated carbocycles. The fraction of sp³-hybridized carbons (Fsp3) is 0.750. The Morgan fingerprint density at radius 3 is 2.25 bits per heavy atom. The van der Waals surface area contributed by atoms with E-state index in [0.717, 1.165) is 12.8 Å². The molecule has 12 nitrogen and oxygen atoms in total. The fourth-order valence-corrected chi connectivity index (χ4v) is 8.08. The number of nitrogens with zero attached hydrogens (tertiary/aromatic N) is 4. The summed E-state index contributed by atoms with van der Waals surface area (Å²) in [6.45, 7) is 3.84. The third kappa shape index (κ3) is 4.17. The van der Waals surface area contributed by atoms with Gasteiger partial charge in [-0.15, -0.1) is 0 Å². The van der Waals surface area contributed by atoms with E-state index in [9.17, 15) is 24.3 Å². The molecule has 5 aliphatic rings. The van der Waals surface area contributed by atoms with Crippen molar-refractivity contribution in [1.29, 1.82) is 5.41 Å². The summed E-state index contributed by atoms with van der Waals surface area (Å²) in [5.41, 5.74) is 3.20. The number of carbonyl (C=O) groups excluding carboxylic acids is 2. The normalized spacial score (nSPS) is 33.8. The molecule has 0 radical (unpaired) electrons. The minimum atomic E-state index is -0.939. The van der Waals surface area contributed by atoms with Crippen LogP contribution in [0.25, 0.3) is 0 Å². The molecule has 6 rings (SSSR count). The predicted molar refractivity (Wildman–Crippen MR) is 145 cm³/mol. The van der Waals surface area contributed by atoms with Crippen molar-refractivity contribution in [2.75, 3.05) is 26.8 Å². The molecule has 0 bridgehead atoms. The van der Waals surface area contributed by atoms with E-state index in [1.54, 1.807) is 4.90 Å². The summed E-state index contributed by atoms with van der Waals surface area (Å²) in [6, 6.07) is -0.666. The van der Waals surface area contributed by atoms with Gasteiger partial charge in [-0.05, 0) is 75.5 Å². The molecule has 40 heavy (non-hydrogen) atoms. The molecule has 3 aliphatic carbocycles. The Labute approximate surface area is 232 Å². The van der Waals surface area contributed by atoms with E-state index < -0.39 is 28.5 Å². The third-order valence-corrected chi connectivity index (χ3v) is 10.5. The average Bonchev–Trinajstić information content (AvgIpc) is 3.22. The van der Waals surface area contributed by atoms with Crippen molar-refractivity contribution in [2.24, 2.45) is 35.3 Å². The summed E-state index contributed by atoms with van der Waals surface area (Å²) in [7, 11) is 1.53. The number of rotatable bonds is 8. The van der Waals surface area contributed by atoms with Crippen LogP contribution in [0, 0.1) is 35.0 Å². The van der Waals surface area contributed by atoms with Gasteiger partial charge in [-0.1, -0.05) is 6.42 Å². The van der Waals surface area contributed by atoms with Crippen molar-refractivity contribution in [3.63, 3.8) is 0 Å². The first-order chi connectivity index (χ1) is 19.0. The second-order valence-corrected chi connectivity index (χ2v) is 12.9. The molecular formula is C28H40N6O6. The van der Waals surface area contributed by atoms with Gasteiger partial charge in [-0.2, -0.15) is 0 Å². The number of hydrogen-bond donors (Lipinski definition) is 3. The number of imide groups is 1. The van der Waals surface area contributed by atoms with Crippen molar-refractivity contribution >= 4 is 17.8 Å². The number of amides is 3. The van der Waals surface area contributed by atoms with Crippen molar-refractivity contribution in [3.8, 4) is 5.88 Å². The molecule has 4 N–H and O–H groups in total. The van der Waals surface area contributed by atoms with Gasteiger partial charge in [0.1, 0.15) is 16.9 Å². The number of nitrogen functional groups attached to an aromatic ring is 1. The smallest absolute Gasteiger partial charge is 0.334 e. The van der Waals surface area contributed by atoms with E-state index >= 15 is 0 Å². The molecule has 3 heterocycles. The minimum absolute atomic E-state index is 0.137. The van der Waals surface area contributed by atoms with Crippen LogP contribution in [-0.4, -0.2) is 74.2 Å². The number of urea groups is 1. The van der Waals surface area contributed by atoms with Crippen LogP contribution in [0.3, 0.4) is 0 Å². The number of carbonyl (C=O) groups is 2. The van der Waals surface area contributed by atoms with E-state index in [1.165, 1.54) is 27.5 Å². The van der Waals surface area contributed by atoms with Crippen LogP contribution in [0.4, 0.5) is 4.79 Å². The van der Waals surface area contributed by atoms with Crippen LogP contribution in [-0.2, 0) is 16.1 Å². The molecule has 218 valence electrons. The molecule has 2 saturated heterocycles. The maximum atomic E-state index is 13.6. The van der Waals surface area contributed by atoms with Crippen molar-refractivity contribution in [2.45, 2.75) is 76.4 Å². The SMILES string of the molecule is CN1C(=O)N(CC2COC2)[C@@](C)(CC2CCC(n3c(=O)c(C(=N)N)c(O)n(CC4C5CCCC54)c3=O)CC2)C1=O. The van der Waals surface area contributed by atoms with Gasteiger partial charge < -0.3 is 20.5 Å². The molecule has 2 unspecified atom stereocenters. The van der Waals surface area contributed by atoms with E-state index in [1.807, 2.05) is 6.92 Å². The highest BCUT2D eigenvalue weighted by atomic mass is 16.5. The monoisotopic (exact) mass is 556 g/mol. The Balaban J connectivity index is 1.21. The zero-order valence-corrected chi connectivity index (χ0v) is 23.3. The molecular weight excluding hydrogens is 516 g/mol. The lowest BCUT2D eigenvalue weighted by molar-refractivity contribution is -0.133. The van der Waals surface area contributed by atoms with Gasteiger partial charge in [0.25, 0.3) is 11.5 Å². The first kappa shape index (κ1) is 27.0. The molecule has 5 fully saturated rings. The molecule has 12 heteroatoms. The predicted octanol–water partition coefficient (Wildman–Crippen LogP) is 1.47. The first-order valence-corrected chi connectivity index (χ1v) is 14.6. The lowest BCUT2D eigenvalue weighted by atomic mass is 9.77. The molecule has 1 aromatic rings. The van der Waals surface area contributed by atoms with Gasteiger partial charge >= 0.3 is 11.7 Å². The van der Waals surface area contributed by atoms with Crippen molar-refractivity contribution in [1.82, 2.24) is 18.9 Å². The zero-order chi connectivity index (χ0) is 28.5. The molecule has 0 aromatic carbocycles. The number of aromatic hydroxyl groups is 1. The molecule has 0 spiro atoms. The van der Waals surface area contributed by atoms with Crippen LogP contribution < -0.4 is 17.0 Å². The van der Waals surface area contributed by atoms with Crippen LogP contribution in [0.15, 0.2) is 9.59 Å². The van der Waals surface area contributed by atoms with Gasteiger partial charge in [0, 0.05) is 32.1 Å². The van der Waals surface area contributed by atoms with Crippen LogP contribution in [0.5, 0.6) is 5.88 Å². The van der Waals surface area contributed by atoms with Crippen LogP contribution in [0.1, 0.15) is 69.9 Å². The van der Waals surface area contributed by atoms with Crippen molar-refractivity contribution in [3.05, 3.63) is 26.4 Å². The summed E-state index contributed by atoms with van der Waals surface area (Å²) in [5, 5.41) is 18.8. The number of nitrogens with two attached hydrogens (primary N) is 1. The molecule has 1 aromatic heterocycles. The number of ether oxygens (including phenoxy) is 1. The number of aromatic nitrogens is 2. The van der Waals surface area contributed by atoms with Crippen molar-refractivity contribution < 1.29 is 19.4 Å². The quantitative estimate of drug-likeness (QED) is 0.248. The van der Waals surface area contributed by atoms with Gasteiger partial charge in [-0.25, -0.2) is 9.59 Å². The maximum absolute atomic E-state index is 13.6. The Hall–Kier alpha value is -3.15. The maximum Gasteiger partial charge on any atom is 0.334 e. The number of nitrogens with one attached hydrogen (secondary N) is 1. The third-order valence-electron chi connectivity index (χ3n) is 10.5. The first-order valence-electron chi connectivity index (χ1n) is 14.6. The zero-order valence-electron chi connectivity index (χ0n) is 23.3. The summed E-state index contributed by atoms with van der Waals surface area (Å²) in [5.74, 6) is 0.538. The van der Waals surface area contributed by atoms with E-state index in [-0.39, 0.29) is 35.4 Å². The highest BCUT2D eigenvalue weighted by molar-refractivity contribution is 6.06. The van der Waals surface area contributed by atoms with Gasteiger partial charge in [0.15, 0.2) is 0 Å². The second-order valence-electron chi connectivity index (χ2n) is 12.9. The Morgan fingerprint density at radius 2 is 1.68 bits per heavy atom. The van der Waals surface area contributed by atoms with E-state index in [0.29, 0.717) is 76.2 Å². The molecule has 3 atom stereocenters. The molecule has 3 amide bonds. The highest BCUT2D eigenvalue weighted by Gasteiger charge is 2.55. The van der Waals surface area contributed by atoms with Gasteiger partial charge in [0.05, 0.1) is 13.2 Å². The van der Waals surface area contributed by atoms with Gasteiger partial charge in [-0.3, -0.25) is 29.0 Å². The van der Waals surface area contributed by atoms with Crippen LogP contribution in [0.2, 0.25) is 0 Å². The van der Waals surface area contributed by atoms with E-state index in [2.05, 4.69) is 0 Å². The van der Waals surface area contributed by atoms with Gasteiger partial charge in [0.2, 0.25) is 5.88 Å². The molecule has 2 aliphatic heterocycles. The standard InChI is InChI=1S/C28H40N6O6/c1-28(25(37)31(2)26(38)33(28)11-16-13-40-14-16)10-15-6-8-17(9-7-15)34-24(36)21(22(29)30)23(35)32(27(34)39)12-20-18-4-3-5-19(18)20/h15-20,35H,3-14H2,1-2H3,(H3,29,30)/t15?,17?,18?,19?,20?,28-/m0/s1. The summed E-state index contributed by atoms with van der Waals surface area (Å²) < 4.78 is 7.74. The summed E-state index contributed by atoms with van der Waals surface area (Å²) >= 11 is 0. The Morgan fingerprint density at radius 1 is 1.02 bits per heavy atom. The minimum Gasteiger partial charge on any atom is -0.494 e. The number of hydrogen-bond acceptors (Lipinski definition) is 7. The fourth-order valence-electron chi connectivity index (χ4n) is 8.08. The number of amidine groups is 1. The number of likely N-dealkylation sites (N-methyl/N-ethyl adjacent to an activating group) is 1.